The van der Waals surface area contributed by atoms with E-state index in [2.05, 4.69) is 0 Å². The third kappa shape index (κ3) is 5.90. The summed E-state index contributed by atoms with van der Waals surface area (Å²) in [6.45, 7) is 5.32. The molecule has 1 amide bonds. The number of ether oxygens (including phenoxy) is 3. The van der Waals surface area contributed by atoms with Crippen LogP contribution in [0.3, 0.4) is 0 Å². The van der Waals surface area contributed by atoms with Gasteiger partial charge in [0.25, 0.3) is 10.2 Å². The molecule has 0 spiro atoms. The fourth-order valence-corrected chi connectivity index (χ4v) is 4.79. The minimum absolute atomic E-state index is 0.00479. The van der Waals surface area contributed by atoms with Crippen LogP contribution in [0.2, 0.25) is 0 Å². The van der Waals surface area contributed by atoms with Gasteiger partial charge in [0.05, 0.1) is 20.3 Å². The van der Waals surface area contributed by atoms with Crippen molar-refractivity contribution in [2.45, 2.75) is 51.4 Å². The average Bonchev–Trinajstić information content (AvgIpc) is 3.15. The minimum Gasteiger partial charge on any atom is -0.497 e. The Hall–Kier alpha value is -2.37. The number of carbonyl (C=O) groups is 2. The highest BCUT2D eigenvalue weighted by Gasteiger charge is 2.50. The Labute approximate surface area is 190 Å². The molecule has 0 saturated carbocycles. The molecule has 1 aromatic carbocycles. The molecule has 1 aromatic rings. The molecule has 1 fully saturated rings. The molecule has 0 unspecified atom stereocenters. The van der Waals surface area contributed by atoms with Gasteiger partial charge in [-0.15, -0.1) is 0 Å². The van der Waals surface area contributed by atoms with Gasteiger partial charge in [-0.2, -0.15) is 17.0 Å². The zero-order valence-electron chi connectivity index (χ0n) is 19.7. The Balaban J connectivity index is 2.45. The van der Waals surface area contributed by atoms with E-state index in [-0.39, 0.29) is 19.5 Å². The van der Waals surface area contributed by atoms with Crippen LogP contribution in [0.1, 0.15) is 32.8 Å². The third-order valence-electron chi connectivity index (χ3n) is 5.06. The second-order valence-corrected chi connectivity index (χ2v) is 10.8. The summed E-state index contributed by atoms with van der Waals surface area (Å²) in [5, 5.41) is 0. The standard InChI is InChI=1S/C21H33N3O7S/c1-21(2,3)31-20(26)23-13-12-17(18(23)19(25)30-7)24(32(27,28)22(4)5)14-15-8-10-16(29-6)11-9-15/h8-11,17-18H,12-14H2,1-7H3/t17-,18+/m0/s1. The minimum atomic E-state index is -3.95. The first-order chi connectivity index (χ1) is 14.8. The lowest BCUT2D eigenvalue weighted by molar-refractivity contribution is -0.147. The number of methoxy groups -OCH3 is 2. The van der Waals surface area contributed by atoms with Crippen LogP contribution < -0.4 is 4.74 Å². The Bertz CT molecular complexity index is 910. The molecule has 1 aliphatic rings. The first kappa shape index (κ1) is 25.9. The molecule has 1 saturated heterocycles. The number of rotatable bonds is 7. The highest BCUT2D eigenvalue weighted by Crippen LogP contribution is 2.30. The number of hydrogen-bond donors (Lipinski definition) is 0. The van der Waals surface area contributed by atoms with E-state index in [0.717, 1.165) is 4.31 Å². The molecule has 2 rings (SSSR count). The summed E-state index contributed by atoms with van der Waals surface area (Å²) >= 11 is 0. The van der Waals surface area contributed by atoms with Crippen LogP contribution >= 0.6 is 0 Å². The lowest BCUT2D eigenvalue weighted by Gasteiger charge is -2.35. The van der Waals surface area contributed by atoms with Crippen molar-refractivity contribution in [2.24, 2.45) is 0 Å². The first-order valence-corrected chi connectivity index (χ1v) is 11.6. The van der Waals surface area contributed by atoms with Crippen molar-refractivity contribution in [1.29, 1.82) is 0 Å². The number of benzene rings is 1. The Morgan fingerprint density at radius 3 is 2.19 bits per heavy atom. The van der Waals surface area contributed by atoms with Crippen molar-refractivity contribution < 1.29 is 32.2 Å². The van der Waals surface area contributed by atoms with E-state index >= 15 is 0 Å². The van der Waals surface area contributed by atoms with Crippen LogP contribution in [0, 0.1) is 0 Å². The van der Waals surface area contributed by atoms with Gasteiger partial charge in [-0.05, 0) is 44.9 Å². The van der Waals surface area contributed by atoms with E-state index in [1.165, 1.54) is 30.4 Å². The van der Waals surface area contributed by atoms with E-state index in [1.807, 2.05) is 0 Å². The maximum Gasteiger partial charge on any atom is 0.411 e. The number of nitrogens with zero attached hydrogens (tertiary/aromatic N) is 3. The predicted octanol–water partition coefficient (Wildman–Crippen LogP) is 1.85. The second-order valence-electron chi connectivity index (χ2n) is 8.68. The summed E-state index contributed by atoms with van der Waals surface area (Å²) in [6.07, 6.45) is -0.440. The molecular weight excluding hydrogens is 438 g/mol. The maximum absolute atomic E-state index is 13.2. The van der Waals surface area contributed by atoms with Crippen molar-refractivity contribution in [3.05, 3.63) is 29.8 Å². The smallest absolute Gasteiger partial charge is 0.411 e. The predicted molar refractivity (Wildman–Crippen MR) is 118 cm³/mol. The topological polar surface area (TPSA) is 106 Å². The molecule has 0 aromatic heterocycles. The average molecular weight is 472 g/mol. The summed E-state index contributed by atoms with van der Waals surface area (Å²) in [7, 11) is 1.65. The molecule has 0 aliphatic carbocycles. The molecule has 32 heavy (non-hydrogen) atoms. The van der Waals surface area contributed by atoms with Crippen molar-refractivity contribution in [2.75, 3.05) is 34.9 Å². The zero-order valence-corrected chi connectivity index (χ0v) is 20.5. The van der Waals surface area contributed by atoms with Crippen LogP contribution in [-0.2, 0) is 31.0 Å². The Kier molecular flexibility index (Phi) is 8.13. The monoisotopic (exact) mass is 471 g/mol. The second kappa shape index (κ2) is 10.1. The Morgan fingerprint density at radius 1 is 1.12 bits per heavy atom. The fourth-order valence-electron chi connectivity index (χ4n) is 3.50. The van der Waals surface area contributed by atoms with Crippen LogP contribution in [0.5, 0.6) is 5.75 Å². The largest absolute Gasteiger partial charge is 0.497 e. The van der Waals surface area contributed by atoms with Crippen LogP contribution in [0.4, 0.5) is 4.79 Å². The van der Waals surface area contributed by atoms with Gasteiger partial charge in [0.2, 0.25) is 0 Å². The van der Waals surface area contributed by atoms with Crippen LogP contribution in [0.15, 0.2) is 24.3 Å². The summed E-state index contributed by atoms with van der Waals surface area (Å²) in [5.41, 5.74) is -0.0653. The van der Waals surface area contributed by atoms with Crippen molar-refractivity contribution in [3.8, 4) is 5.75 Å². The van der Waals surface area contributed by atoms with Crippen LogP contribution in [-0.4, -0.2) is 86.5 Å². The summed E-state index contributed by atoms with van der Waals surface area (Å²) in [4.78, 5) is 26.7. The number of carbonyl (C=O) groups excluding carboxylic acids is 2. The highest BCUT2D eigenvalue weighted by atomic mass is 32.2. The number of hydrogen-bond acceptors (Lipinski definition) is 7. The van der Waals surface area contributed by atoms with Crippen molar-refractivity contribution in [3.63, 3.8) is 0 Å². The summed E-state index contributed by atoms with van der Waals surface area (Å²) in [5.74, 6) is -0.0628. The van der Waals surface area contributed by atoms with E-state index in [9.17, 15) is 18.0 Å². The van der Waals surface area contributed by atoms with Gasteiger partial charge in [0.15, 0.2) is 0 Å². The van der Waals surface area contributed by atoms with E-state index in [1.54, 1.807) is 52.1 Å². The normalized spacial score (nSPS) is 19.3. The Morgan fingerprint density at radius 2 is 1.72 bits per heavy atom. The molecule has 10 nitrogen and oxygen atoms in total. The van der Waals surface area contributed by atoms with Gasteiger partial charge in [-0.3, -0.25) is 4.90 Å². The molecule has 2 atom stereocenters. The van der Waals surface area contributed by atoms with E-state index in [0.29, 0.717) is 11.3 Å². The van der Waals surface area contributed by atoms with Crippen molar-refractivity contribution in [1.82, 2.24) is 13.5 Å². The third-order valence-corrected chi connectivity index (χ3v) is 6.98. The van der Waals surface area contributed by atoms with Gasteiger partial charge in [0, 0.05) is 27.2 Å². The van der Waals surface area contributed by atoms with Gasteiger partial charge in [0.1, 0.15) is 17.4 Å². The van der Waals surface area contributed by atoms with E-state index in [4.69, 9.17) is 14.2 Å². The molecule has 0 radical (unpaired) electrons. The van der Waals surface area contributed by atoms with Gasteiger partial charge in [-0.1, -0.05) is 12.1 Å². The molecule has 0 bridgehead atoms. The van der Waals surface area contributed by atoms with E-state index < -0.39 is 40.0 Å². The molecular formula is C21H33N3O7S. The fraction of sp³-hybridized carbons (Fsp3) is 0.619. The molecule has 180 valence electrons. The van der Waals surface area contributed by atoms with Gasteiger partial charge in [-0.25, -0.2) is 9.59 Å². The molecule has 1 aliphatic heterocycles. The molecule has 0 N–H and O–H groups in total. The summed E-state index contributed by atoms with van der Waals surface area (Å²) in [6, 6.07) is 5.01. The van der Waals surface area contributed by atoms with Gasteiger partial charge >= 0.3 is 12.1 Å². The first-order valence-electron chi connectivity index (χ1n) is 10.2. The number of esters is 1. The molecule has 1 heterocycles. The maximum atomic E-state index is 13.2. The molecule has 11 heteroatoms. The van der Waals surface area contributed by atoms with Crippen molar-refractivity contribution >= 4 is 22.3 Å². The number of amides is 1. The summed E-state index contributed by atoms with van der Waals surface area (Å²) < 4.78 is 44.4. The lowest BCUT2D eigenvalue weighted by atomic mass is 10.1. The lowest BCUT2D eigenvalue weighted by Crippen LogP contribution is -2.55. The quantitative estimate of drug-likeness (QED) is 0.559. The SMILES string of the molecule is COC(=O)[C@H]1[C@@H](N(Cc2ccc(OC)cc2)S(=O)(=O)N(C)C)CCN1C(=O)OC(C)(C)C. The number of likely N-dealkylation sites (tertiary alicyclic amines) is 1. The zero-order chi connectivity index (χ0) is 24.3. The van der Waals surface area contributed by atoms with Crippen LogP contribution in [0.25, 0.3) is 0 Å². The highest BCUT2D eigenvalue weighted by molar-refractivity contribution is 7.86. The van der Waals surface area contributed by atoms with Gasteiger partial charge < -0.3 is 14.2 Å².